The maximum Gasteiger partial charge on any atom is 0.253 e. The van der Waals surface area contributed by atoms with E-state index in [4.69, 9.17) is 4.74 Å². The second kappa shape index (κ2) is 12.0. The number of rotatable bonds is 11. The number of sulfonamides is 1. The summed E-state index contributed by atoms with van der Waals surface area (Å²) in [7, 11) is -2.01. The molecule has 0 radical (unpaired) electrons. The lowest BCUT2D eigenvalue weighted by Crippen LogP contribution is -2.31. The average molecular weight is 497 g/mol. The van der Waals surface area contributed by atoms with E-state index in [1.165, 1.54) is 11.4 Å². The summed E-state index contributed by atoms with van der Waals surface area (Å²) in [6.45, 7) is 0.438. The van der Waals surface area contributed by atoms with Crippen LogP contribution < -0.4 is 19.7 Å². The molecule has 0 aliphatic rings. The number of hydrogen-bond donors (Lipinski definition) is 2. The maximum atomic E-state index is 12.7. The number of para-hydroxylation sites is 1. The molecule has 3 aromatic rings. The van der Waals surface area contributed by atoms with Gasteiger partial charge in [-0.3, -0.25) is 18.9 Å². The molecule has 0 atom stereocenters. The molecule has 1 aromatic heterocycles. The Balaban J connectivity index is 1.58. The monoisotopic (exact) mass is 496 g/mol. The number of carbonyl (C=O) groups excluding carboxylic acids is 2. The number of benzene rings is 2. The first-order valence-corrected chi connectivity index (χ1v) is 12.8. The third-order valence-electron chi connectivity index (χ3n) is 5.15. The predicted octanol–water partition coefficient (Wildman–Crippen LogP) is 3.21. The average Bonchev–Trinajstić information content (AvgIpc) is 2.85. The molecule has 1 heterocycles. The number of ether oxygens (including phenoxy) is 1. The molecule has 0 saturated carbocycles. The first kappa shape index (κ1) is 25.7. The van der Waals surface area contributed by atoms with Gasteiger partial charge in [-0.25, -0.2) is 8.42 Å². The number of hydrogen-bond acceptors (Lipinski definition) is 6. The molecule has 0 fully saturated rings. The molecule has 9 nitrogen and oxygen atoms in total. The standard InChI is InChI=1S/C25H28N4O5S/c1-34-21-13-11-20(12-14-21)29(35(2,32)33)16-6-10-24(30)28-23-9-4-3-8-22(23)25(31)27-18-19-7-5-15-26-17-19/h3-5,7-9,11-15,17H,6,10,16,18H2,1-2H3,(H,27,31)(H,28,30). The fraction of sp³-hybridized carbons (Fsp3) is 0.240. The molecule has 3 rings (SSSR count). The summed E-state index contributed by atoms with van der Waals surface area (Å²) in [4.78, 5) is 29.3. The highest BCUT2D eigenvalue weighted by molar-refractivity contribution is 7.92. The van der Waals surface area contributed by atoms with Gasteiger partial charge in [0.1, 0.15) is 5.75 Å². The zero-order valence-electron chi connectivity index (χ0n) is 19.6. The van der Waals surface area contributed by atoms with Gasteiger partial charge in [-0.05, 0) is 54.4 Å². The Kier molecular flexibility index (Phi) is 8.80. The highest BCUT2D eigenvalue weighted by atomic mass is 32.2. The van der Waals surface area contributed by atoms with Gasteiger partial charge in [-0.15, -0.1) is 0 Å². The highest BCUT2D eigenvalue weighted by Gasteiger charge is 2.18. The topological polar surface area (TPSA) is 118 Å². The van der Waals surface area contributed by atoms with Crippen LogP contribution in [0.5, 0.6) is 5.75 Å². The number of anilines is 2. The second-order valence-corrected chi connectivity index (χ2v) is 9.68. The number of amides is 2. The molecule has 0 aliphatic heterocycles. The summed E-state index contributed by atoms with van der Waals surface area (Å²) in [6, 6.07) is 17.0. The molecule has 0 spiro atoms. The lowest BCUT2D eigenvalue weighted by atomic mass is 10.1. The second-order valence-electron chi connectivity index (χ2n) is 7.77. The number of pyridine rings is 1. The van der Waals surface area contributed by atoms with E-state index in [0.29, 0.717) is 35.7 Å². The molecular weight excluding hydrogens is 468 g/mol. The molecule has 2 N–H and O–H groups in total. The van der Waals surface area contributed by atoms with Crippen LogP contribution in [-0.2, 0) is 21.4 Å². The lowest BCUT2D eigenvalue weighted by molar-refractivity contribution is -0.116. The van der Waals surface area contributed by atoms with Gasteiger partial charge in [0.05, 0.1) is 30.3 Å². The molecule has 0 saturated heterocycles. The molecule has 0 bridgehead atoms. The van der Waals surface area contributed by atoms with Crippen LogP contribution in [0, 0.1) is 0 Å². The predicted molar refractivity (Wildman–Crippen MR) is 135 cm³/mol. The largest absolute Gasteiger partial charge is 0.497 e. The minimum atomic E-state index is -3.54. The number of aromatic nitrogens is 1. The smallest absolute Gasteiger partial charge is 0.253 e. The molecule has 184 valence electrons. The summed E-state index contributed by atoms with van der Waals surface area (Å²) >= 11 is 0. The molecule has 10 heteroatoms. The molecule has 2 amide bonds. The molecule has 0 aliphatic carbocycles. The first-order chi connectivity index (χ1) is 16.8. The van der Waals surface area contributed by atoms with E-state index in [1.54, 1.807) is 67.0 Å². The van der Waals surface area contributed by atoms with E-state index in [9.17, 15) is 18.0 Å². The van der Waals surface area contributed by atoms with Crippen LogP contribution in [0.4, 0.5) is 11.4 Å². The number of carbonyl (C=O) groups is 2. The van der Waals surface area contributed by atoms with Crippen molar-refractivity contribution in [3.05, 3.63) is 84.2 Å². The van der Waals surface area contributed by atoms with Crippen molar-refractivity contribution in [3.8, 4) is 5.75 Å². The number of nitrogens with one attached hydrogen (secondary N) is 2. The van der Waals surface area contributed by atoms with Gasteiger partial charge in [0, 0.05) is 31.9 Å². The summed E-state index contributed by atoms with van der Waals surface area (Å²) < 4.78 is 30.9. The van der Waals surface area contributed by atoms with E-state index < -0.39 is 10.0 Å². The van der Waals surface area contributed by atoms with E-state index in [1.807, 2.05) is 6.07 Å². The number of methoxy groups -OCH3 is 1. The summed E-state index contributed by atoms with van der Waals surface area (Å²) in [5.74, 6) is -0.0297. The fourth-order valence-corrected chi connectivity index (χ4v) is 4.37. The maximum absolute atomic E-state index is 12.7. The Bertz CT molecular complexity index is 1250. The Morgan fingerprint density at radius 3 is 2.43 bits per heavy atom. The quantitative estimate of drug-likeness (QED) is 0.421. The Morgan fingerprint density at radius 2 is 1.77 bits per heavy atom. The van der Waals surface area contributed by atoms with E-state index in [0.717, 1.165) is 11.8 Å². The SMILES string of the molecule is COc1ccc(N(CCCC(=O)Nc2ccccc2C(=O)NCc2cccnc2)S(C)(=O)=O)cc1. The highest BCUT2D eigenvalue weighted by Crippen LogP contribution is 2.22. The van der Waals surface area contributed by atoms with E-state index >= 15 is 0 Å². The minimum absolute atomic E-state index is 0.0772. The third-order valence-corrected chi connectivity index (χ3v) is 6.34. The van der Waals surface area contributed by atoms with Gasteiger partial charge >= 0.3 is 0 Å². The normalized spacial score (nSPS) is 10.9. The van der Waals surface area contributed by atoms with Gasteiger partial charge < -0.3 is 15.4 Å². The van der Waals surface area contributed by atoms with Gasteiger partial charge in [0.15, 0.2) is 0 Å². The van der Waals surface area contributed by atoms with Crippen LogP contribution in [0.3, 0.4) is 0 Å². The molecular formula is C25H28N4O5S. The van der Waals surface area contributed by atoms with Crippen molar-refractivity contribution in [2.45, 2.75) is 19.4 Å². The Hall–Kier alpha value is -3.92. The minimum Gasteiger partial charge on any atom is -0.497 e. The van der Waals surface area contributed by atoms with Crippen LogP contribution >= 0.6 is 0 Å². The van der Waals surface area contributed by atoms with Crippen LogP contribution in [-0.4, -0.2) is 45.1 Å². The van der Waals surface area contributed by atoms with E-state index in [2.05, 4.69) is 15.6 Å². The van der Waals surface area contributed by atoms with Crippen LogP contribution in [0.15, 0.2) is 73.1 Å². The summed E-state index contributed by atoms with van der Waals surface area (Å²) in [5, 5.41) is 5.58. The lowest BCUT2D eigenvalue weighted by Gasteiger charge is -2.22. The molecule has 0 unspecified atom stereocenters. The van der Waals surface area contributed by atoms with Crippen molar-refractivity contribution in [2.24, 2.45) is 0 Å². The van der Waals surface area contributed by atoms with E-state index in [-0.39, 0.29) is 24.8 Å². The van der Waals surface area contributed by atoms with Crippen LogP contribution in [0.2, 0.25) is 0 Å². The van der Waals surface area contributed by atoms with Gasteiger partial charge in [0.2, 0.25) is 15.9 Å². The Labute approximate surface area is 205 Å². The van der Waals surface area contributed by atoms with Crippen LogP contribution in [0.1, 0.15) is 28.8 Å². The summed E-state index contributed by atoms with van der Waals surface area (Å²) in [6.07, 6.45) is 4.81. The van der Waals surface area contributed by atoms with Crippen molar-refractivity contribution in [1.29, 1.82) is 0 Å². The van der Waals surface area contributed by atoms with Crippen molar-refractivity contribution in [1.82, 2.24) is 10.3 Å². The summed E-state index contributed by atoms with van der Waals surface area (Å²) in [5.41, 5.74) is 2.07. The zero-order chi connectivity index (χ0) is 25.3. The molecule has 2 aromatic carbocycles. The molecule has 35 heavy (non-hydrogen) atoms. The van der Waals surface area contributed by atoms with Crippen molar-refractivity contribution in [2.75, 3.05) is 29.5 Å². The van der Waals surface area contributed by atoms with Gasteiger partial charge in [-0.1, -0.05) is 18.2 Å². The Morgan fingerprint density at radius 1 is 1.03 bits per heavy atom. The van der Waals surface area contributed by atoms with Crippen LogP contribution in [0.25, 0.3) is 0 Å². The third kappa shape index (κ3) is 7.54. The van der Waals surface area contributed by atoms with Gasteiger partial charge in [0.25, 0.3) is 5.91 Å². The fourth-order valence-electron chi connectivity index (χ4n) is 3.40. The zero-order valence-corrected chi connectivity index (χ0v) is 20.4. The first-order valence-electron chi connectivity index (χ1n) is 11.0. The van der Waals surface area contributed by atoms with Crippen molar-refractivity contribution < 1.29 is 22.7 Å². The van der Waals surface area contributed by atoms with Crippen molar-refractivity contribution >= 4 is 33.2 Å². The van der Waals surface area contributed by atoms with Gasteiger partial charge in [-0.2, -0.15) is 0 Å². The number of nitrogens with zero attached hydrogens (tertiary/aromatic N) is 2. The van der Waals surface area contributed by atoms with Crippen molar-refractivity contribution in [3.63, 3.8) is 0 Å².